The summed E-state index contributed by atoms with van der Waals surface area (Å²) in [5, 5.41) is 2.89. The van der Waals surface area contributed by atoms with E-state index < -0.39 is 0 Å². The lowest BCUT2D eigenvalue weighted by atomic mass is 10.0. The summed E-state index contributed by atoms with van der Waals surface area (Å²) in [6.45, 7) is 2.81. The number of rotatable bonds is 2. The fourth-order valence-corrected chi connectivity index (χ4v) is 3.62. The van der Waals surface area contributed by atoms with Crippen molar-refractivity contribution in [3.63, 3.8) is 0 Å². The molecule has 2 rings (SSSR count). The summed E-state index contributed by atoms with van der Waals surface area (Å²) < 4.78 is 1.70. The van der Waals surface area contributed by atoms with Crippen molar-refractivity contribution in [3.8, 4) is 0 Å². The smallest absolute Gasteiger partial charge is 0.255 e. The third-order valence-electron chi connectivity index (χ3n) is 3.28. The summed E-state index contributed by atoms with van der Waals surface area (Å²) in [4.78, 5) is 25.5. The highest BCUT2D eigenvalue weighted by Gasteiger charge is 2.25. The Morgan fingerprint density at radius 1 is 1.35 bits per heavy atom. The molecular formula is C14H16Br2N2O2. The fourth-order valence-electron chi connectivity index (χ4n) is 2.40. The molecule has 4 nitrogen and oxygen atoms in total. The summed E-state index contributed by atoms with van der Waals surface area (Å²) in [6.07, 6.45) is 1.83. The lowest BCUT2D eigenvalue weighted by Gasteiger charge is -2.33. The summed E-state index contributed by atoms with van der Waals surface area (Å²) in [6, 6.07) is 5.58. The van der Waals surface area contributed by atoms with Crippen LogP contribution in [0.25, 0.3) is 0 Å². The number of hydrogen-bond donors (Lipinski definition) is 1. The topological polar surface area (TPSA) is 49.4 Å². The van der Waals surface area contributed by atoms with Crippen LogP contribution in [-0.4, -0.2) is 35.8 Å². The Labute approximate surface area is 135 Å². The summed E-state index contributed by atoms with van der Waals surface area (Å²) >= 11 is 6.80. The second-order valence-electron chi connectivity index (χ2n) is 4.92. The van der Waals surface area contributed by atoms with Gasteiger partial charge in [-0.1, -0.05) is 15.9 Å². The standard InChI is InChI=1S/C14H16Br2N2O2/c1-9(19)17-11-3-2-6-18(8-11)14(20)12-5-4-10(15)7-13(12)16/h4-5,7,11H,2-3,6,8H2,1H3,(H,17,19). The minimum absolute atomic E-state index is 0.000531. The number of carbonyl (C=O) groups excluding carboxylic acids is 2. The molecule has 1 aromatic rings. The SMILES string of the molecule is CC(=O)NC1CCCN(C(=O)c2ccc(Br)cc2Br)C1. The highest BCUT2D eigenvalue weighted by molar-refractivity contribution is 9.11. The first-order valence-corrected chi connectivity index (χ1v) is 8.07. The van der Waals surface area contributed by atoms with Gasteiger partial charge in [0.15, 0.2) is 0 Å². The number of likely N-dealkylation sites (tertiary alicyclic amines) is 1. The molecule has 0 radical (unpaired) electrons. The minimum atomic E-state index is -0.0471. The average molecular weight is 404 g/mol. The predicted molar refractivity (Wildman–Crippen MR) is 84.6 cm³/mol. The van der Waals surface area contributed by atoms with Crippen LogP contribution in [0.15, 0.2) is 27.1 Å². The molecule has 1 unspecified atom stereocenters. The van der Waals surface area contributed by atoms with Crippen LogP contribution >= 0.6 is 31.9 Å². The van der Waals surface area contributed by atoms with Gasteiger partial charge in [-0.2, -0.15) is 0 Å². The zero-order valence-corrected chi connectivity index (χ0v) is 14.3. The Bertz CT molecular complexity index is 534. The summed E-state index contributed by atoms with van der Waals surface area (Å²) in [5.41, 5.74) is 0.650. The Morgan fingerprint density at radius 2 is 2.10 bits per heavy atom. The molecule has 1 atom stereocenters. The zero-order chi connectivity index (χ0) is 14.7. The van der Waals surface area contributed by atoms with Gasteiger partial charge >= 0.3 is 0 Å². The van der Waals surface area contributed by atoms with Gasteiger partial charge in [0.05, 0.1) is 5.56 Å². The van der Waals surface area contributed by atoms with E-state index in [1.165, 1.54) is 6.92 Å². The van der Waals surface area contributed by atoms with Gasteiger partial charge < -0.3 is 10.2 Å². The van der Waals surface area contributed by atoms with E-state index in [9.17, 15) is 9.59 Å². The molecule has 1 fully saturated rings. The maximum Gasteiger partial charge on any atom is 0.255 e. The van der Waals surface area contributed by atoms with Crippen LogP contribution in [0.3, 0.4) is 0 Å². The number of piperidine rings is 1. The molecule has 1 N–H and O–H groups in total. The molecule has 1 saturated heterocycles. The summed E-state index contributed by atoms with van der Waals surface area (Å²) in [5.74, 6) is -0.0476. The molecule has 0 aromatic heterocycles. The summed E-state index contributed by atoms with van der Waals surface area (Å²) in [7, 11) is 0. The number of amides is 2. The third kappa shape index (κ3) is 3.82. The van der Waals surface area contributed by atoms with Crippen molar-refractivity contribution in [1.82, 2.24) is 10.2 Å². The molecule has 20 heavy (non-hydrogen) atoms. The molecule has 1 aliphatic heterocycles. The van der Waals surface area contributed by atoms with E-state index in [2.05, 4.69) is 37.2 Å². The quantitative estimate of drug-likeness (QED) is 0.825. The Morgan fingerprint density at radius 3 is 2.75 bits per heavy atom. The first-order valence-electron chi connectivity index (χ1n) is 6.49. The number of nitrogens with one attached hydrogen (secondary N) is 1. The van der Waals surface area contributed by atoms with E-state index in [0.29, 0.717) is 12.1 Å². The molecular weight excluding hydrogens is 388 g/mol. The zero-order valence-electron chi connectivity index (χ0n) is 11.2. The average Bonchev–Trinajstić information content (AvgIpc) is 2.37. The highest BCUT2D eigenvalue weighted by atomic mass is 79.9. The monoisotopic (exact) mass is 402 g/mol. The Balaban J connectivity index is 2.10. The maximum atomic E-state index is 12.5. The predicted octanol–water partition coefficient (Wildman–Crippen LogP) is 2.95. The van der Waals surface area contributed by atoms with Crippen molar-refractivity contribution < 1.29 is 9.59 Å². The van der Waals surface area contributed by atoms with Crippen LogP contribution in [-0.2, 0) is 4.79 Å². The van der Waals surface area contributed by atoms with Gasteiger partial charge in [-0.15, -0.1) is 0 Å². The van der Waals surface area contributed by atoms with Gasteiger partial charge in [-0.05, 0) is 47.0 Å². The molecule has 6 heteroatoms. The molecule has 1 aliphatic rings. The number of nitrogens with zero attached hydrogens (tertiary/aromatic N) is 1. The van der Waals surface area contributed by atoms with Crippen LogP contribution in [0.1, 0.15) is 30.1 Å². The van der Waals surface area contributed by atoms with Crippen LogP contribution in [0.2, 0.25) is 0 Å². The number of benzene rings is 1. The highest BCUT2D eigenvalue weighted by Crippen LogP contribution is 2.24. The van der Waals surface area contributed by atoms with Crippen molar-refractivity contribution >= 4 is 43.7 Å². The van der Waals surface area contributed by atoms with Crippen molar-refractivity contribution in [2.45, 2.75) is 25.8 Å². The second kappa shape index (κ2) is 6.72. The molecule has 2 amide bonds. The van der Waals surface area contributed by atoms with Crippen LogP contribution in [0.4, 0.5) is 0 Å². The van der Waals surface area contributed by atoms with E-state index in [0.717, 1.165) is 28.3 Å². The van der Waals surface area contributed by atoms with Gasteiger partial charge in [-0.3, -0.25) is 9.59 Å². The molecule has 108 valence electrons. The molecule has 0 aliphatic carbocycles. The molecule has 0 bridgehead atoms. The first-order chi connectivity index (χ1) is 9.47. The van der Waals surface area contributed by atoms with Crippen molar-refractivity contribution in [2.24, 2.45) is 0 Å². The number of carbonyl (C=O) groups is 2. The first kappa shape index (κ1) is 15.5. The fraction of sp³-hybridized carbons (Fsp3) is 0.429. The molecule has 1 aromatic carbocycles. The van der Waals surface area contributed by atoms with E-state index in [4.69, 9.17) is 0 Å². The lowest BCUT2D eigenvalue weighted by Crippen LogP contribution is -2.49. The van der Waals surface area contributed by atoms with Gasteiger partial charge in [0.25, 0.3) is 5.91 Å². The van der Waals surface area contributed by atoms with E-state index in [-0.39, 0.29) is 17.9 Å². The Hall–Kier alpha value is -0.880. The van der Waals surface area contributed by atoms with E-state index >= 15 is 0 Å². The lowest BCUT2D eigenvalue weighted by molar-refractivity contribution is -0.120. The molecule has 0 spiro atoms. The normalized spacial score (nSPS) is 18.8. The number of hydrogen-bond acceptors (Lipinski definition) is 2. The Kier molecular flexibility index (Phi) is 5.21. The third-order valence-corrected chi connectivity index (χ3v) is 4.43. The van der Waals surface area contributed by atoms with Gasteiger partial charge in [0.2, 0.25) is 5.91 Å². The molecule has 0 saturated carbocycles. The van der Waals surface area contributed by atoms with Gasteiger partial charge in [-0.25, -0.2) is 0 Å². The second-order valence-corrected chi connectivity index (χ2v) is 6.69. The van der Waals surface area contributed by atoms with Gasteiger partial charge in [0, 0.05) is 35.0 Å². The van der Waals surface area contributed by atoms with Gasteiger partial charge in [0.1, 0.15) is 0 Å². The van der Waals surface area contributed by atoms with Crippen molar-refractivity contribution in [3.05, 3.63) is 32.7 Å². The van der Waals surface area contributed by atoms with E-state index in [1.54, 1.807) is 11.0 Å². The van der Waals surface area contributed by atoms with Crippen LogP contribution in [0, 0.1) is 0 Å². The number of halogens is 2. The van der Waals surface area contributed by atoms with E-state index in [1.807, 2.05) is 12.1 Å². The minimum Gasteiger partial charge on any atom is -0.352 e. The van der Waals surface area contributed by atoms with Crippen LogP contribution in [0.5, 0.6) is 0 Å². The largest absolute Gasteiger partial charge is 0.352 e. The van der Waals surface area contributed by atoms with Crippen LogP contribution < -0.4 is 5.32 Å². The van der Waals surface area contributed by atoms with Crippen molar-refractivity contribution in [1.29, 1.82) is 0 Å². The maximum absolute atomic E-state index is 12.5. The molecule has 1 heterocycles. The van der Waals surface area contributed by atoms with Crippen molar-refractivity contribution in [2.75, 3.05) is 13.1 Å².